The van der Waals surface area contributed by atoms with E-state index >= 15 is 0 Å². The van der Waals surface area contributed by atoms with Gasteiger partial charge in [-0.15, -0.1) is 0 Å². The highest BCUT2D eigenvalue weighted by atomic mass is 16.5. The van der Waals surface area contributed by atoms with E-state index in [1.165, 1.54) is 11.6 Å². The molecule has 2 aromatic rings. The number of aliphatic carboxylic acids is 1. The van der Waals surface area contributed by atoms with Crippen molar-refractivity contribution in [2.24, 2.45) is 0 Å². The highest BCUT2D eigenvalue weighted by Crippen LogP contribution is 2.30. The van der Waals surface area contributed by atoms with Gasteiger partial charge in [0.05, 0.1) is 12.6 Å². The number of carbonyl (C=O) groups is 1. The zero-order valence-electron chi connectivity index (χ0n) is 15.7. The van der Waals surface area contributed by atoms with Gasteiger partial charge in [0.15, 0.2) is 11.5 Å². The first kappa shape index (κ1) is 19.6. The molecule has 0 aliphatic heterocycles. The molecule has 0 atom stereocenters. The summed E-state index contributed by atoms with van der Waals surface area (Å²) in [4.78, 5) is 10.5. The van der Waals surface area contributed by atoms with E-state index in [0.717, 1.165) is 11.6 Å². The fraction of sp³-hybridized carbons (Fsp3) is 0.318. The lowest BCUT2D eigenvalue weighted by Crippen LogP contribution is -2.18. The molecule has 2 rings (SSSR count). The van der Waals surface area contributed by atoms with Crippen molar-refractivity contribution >= 4 is 12.0 Å². The number of carbonyl (C=O) groups excluding carboxylic acids is 1. The Morgan fingerprint density at radius 3 is 2.31 bits per heavy atom. The molecule has 0 aliphatic rings. The van der Waals surface area contributed by atoms with Crippen molar-refractivity contribution < 1.29 is 19.4 Å². The summed E-state index contributed by atoms with van der Waals surface area (Å²) in [5, 5.41) is 10.5. The second kappa shape index (κ2) is 8.56. The van der Waals surface area contributed by atoms with Gasteiger partial charge in [-0.2, -0.15) is 0 Å². The Morgan fingerprint density at radius 2 is 1.73 bits per heavy atom. The molecular weight excluding hydrogens is 328 g/mol. The van der Waals surface area contributed by atoms with Crippen molar-refractivity contribution in [1.82, 2.24) is 0 Å². The Labute approximate surface area is 155 Å². The molecule has 0 spiro atoms. The quantitative estimate of drug-likeness (QED) is 0.712. The number of benzene rings is 2. The summed E-state index contributed by atoms with van der Waals surface area (Å²) in [7, 11) is 0. The van der Waals surface area contributed by atoms with Gasteiger partial charge < -0.3 is 19.4 Å². The molecule has 0 saturated carbocycles. The third-order valence-electron chi connectivity index (χ3n) is 3.89. The van der Waals surface area contributed by atoms with Crippen molar-refractivity contribution in [3.05, 3.63) is 65.2 Å². The molecule has 4 nitrogen and oxygen atoms in total. The fourth-order valence-electron chi connectivity index (χ4n) is 2.44. The van der Waals surface area contributed by atoms with E-state index in [2.05, 4.69) is 45.0 Å². The molecule has 2 aromatic carbocycles. The monoisotopic (exact) mass is 353 g/mol. The fourth-order valence-corrected chi connectivity index (χ4v) is 2.44. The zero-order chi connectivity index (χ0) is 19.2. The van der Waals surface area contributed by atoms with Crippen LogP contribution in [0.1, 0.15) is 44.4 Å². The molecule has 0 radical (unpaired) electrons. The Balaban J connectivity index is 2.11. The molecule has 0 aliphatic carbocycles. The maximum absolute atomic E-state index is 10.5. The van der Waals surface area contributed by atoms with Crippen molar-refractivity contribution in [1.29, 1.82) is 0 Å². The number of hydrogen-bond donors (Lipinski definition) is 0. The first-order valence-electron chi connectivity index (χ1n) is 8.67. The van der Waals surface area contributed by atoms with Crippen LogP contribution in [0.5, 0.6) is 11.5 Å². The van der Waals surface area contributed by atoms with Gasteiger partial charge in [0.25, 0.3) is 0 Å². The lowest BCUT2D eigenvalue weighted by molar-refractivity contribution is -0.297. The van der Waals surface area contributed by atoms with Crippen LogP contribution >= 0.6 is 0 Å². The van der Waals surface area contributed by atoms with E-state index in [9.17, 15) is 9.90 Å². The zero-order valence-corrected chi connectivity index (χ0v) is 15.7. The predicted molar refractivity (Wildman–Crippen MR) is 101 cm³/mol. The van der Waals surface area contributed by atoms with E-state index in [4.69, 9.17) is 9.47 Å². The van der Waals surface area contributed by atoms with Crippen LogP contribution in [0.3, 0.4) is 0 Å². The highest BCUT2D eigenvalue weighted by molar-refractivity contribution is 5.83. The molecule has 0 bridgehead atoms. The van der Waals surface area contributed by atoms with Gasteiger partial charge in [-0.05, 0) is 47.2 Å². The molecule has 0 amide bonds. The van der Waals surface area contributed by atoms with E-state index in [-0.39, 0.29) is 5.41 Å². The lowest BCUT2D eigenvalue weighted by Gasteiger charge is -2.19. The molecule has 0 unspecified atom stereocenters. The summed E-state index contributed by atoms with van der Waals surface area (Å²) in [6.07, 6.45) is 2.45. The van der Waals surface area contributed by atoms with Crippen LogP contribution in [-0.2, 0) is 16.8 Å². The second-order valence-corrected chi connectivity index (χ2v) is 7.03. The van der Waals surface area contributed by atoms with Crippen LogP contribution < -0.4 is 14.6 Å². The number of hydrogen-bond acceptors (Lipinski definition) is 4. The summed E-state index contributed by atoms with van der Waals surface area (Å²) in [5.74, 6) is -0.0290. The topological polar surface area (TPSA) is 58.6 Å². The van der Waals surface area contributed by atoms with Gasteiger partial charge in [-0.1, -0.05) is 57.2 Å². The minimum absolute atomic E-state index is 0.121. The summed E-state index contributed by atoms with van der Waals surface area (Å²) >= 11 is 0. The van der Waals surface area contributed by atoms with Gasteiger partial charge in [0.1, 0.15) is 6.61 Å². The summed E-state index contributed by atoms with van der Waals surface area (Å²) < 4.78 is 11.5. The standard InChI is InChI=1S/C22H26O4/c1-5-25-20-14-16(9-13-21(23)24)8-12-19(20)26-15-17-6-10-18(11-7-17)22(2,3)4/h6-14H,5,15H2,1-4H3,(H,23,24)/p-1/b13-9+. The molecule has 26 heavy (non-hydrogen) atoms. The lowest BCUT2D eigenvalue weighted by atomic mass is 9.87. The molecular formula is C22H25O4-. The Kier molecular flexibility index (Phi) is 6.45. The van der Waals surface area contributed by atoms with Gasteiger partial charge >= 0.3 is 0 Å². The van der Waals surface area contributed by atoms with Gasteiger partial charge in [-0.25, -0.2) is 0 Å². The number of carboxylic acid groups (broad SMARTS) is 1. The van der Waals surface area contributed by atoms with Crippen LogP contribution in [0, 0.1) is 0 Å². The first-order chi connectivity index (χ1) is 12.3. The van der Waals surface area contributed by atoms with E-state index in [0.29, 0.717) is 30.3 Å². The Bertz CT molecular complexity index is 768. The summed E-state index contributed by atoms with van der Waals surface area (Å²) in [5.41, 5.74) is 3.18. The average Bonchev–Trinajstić information content (AvgIpc) is 2.59. The second-order valence-electron chi connectivity index (χ2n) is 7.03. The Morgan fingerprint density at radius 1 is 1.04 bits per heavy atom. The van der Waals surface area contributed by atoms with Gasteiger partial charge in [0, 0.05) is 0 Å². The predicted octanol–water partition coefficient (Wildman–Crippen LogP) is 3.72. The van der Waals surface area contributed by atoms with Gasteiger partial charge in [0.2, 0.25) is 0 Å². The van der Waals surface area contributed by atoms with E-state index in [1.807, 2.05) is 6.92 Å². The van der Waals surface area contributed by atoms with Crippen LogP contribution in [0.2, 0.25) is 0 Å². The van der Waals surface area contributed by atoms with Crippen LogP contribution in [0.4, 0.5) is 0 Å². The third-order valence-corrected chi connectivity index (χ3v) is 3.89. The van der Waals surface area contributed by atoms with E-state index in [1.54, 1.807) is 18.2 Å². The third kappa shape index (κ3) is 5.66. The molecule has 0 fully saturated rings. The van der Waals surface area contributed by atoms with E-state index < -0.39 is 5.97 Å². The van der Waals surface area contributed by atoms with Crippen LogP contribution in [-0.4, -0.2) is 12.6 Å². The maximum Gasteiger partial charge on any atom is 0.161 e. The molecule has 0 aromatic heterocycles. The SMILES string of the molecule is CCOc1cc(/C=C/C(=O)[O-])ccc1OCc1ccc(C(C)(C)C)cc1. The Hall–Kier alpha value is -2.75. The van der Waals surface area contributed by atoms with Crippen molar-refractivity contribution in [2.75, 3.05) is 6.61 Å². The average molecular weight is 353 g/mol. The largest absolute Gasteiger partial charge is 0.545 e. The van der Waals surface area contributed by atoms with Gasteiger partial charge in [-0.3, -0.25) is 0 Å². The molecule has 4 heteroatoms. The van der Waals surface area contributed by atoms with Crippen LogP contribution in [0.15, 0.2) is 48.5 Å². The van der Waals surface area contributed by atoms with Crippen molar-refractivity contribution in [3.8, 4) is 11.5 Å². The minimum Gasteiger partial charge on any atom is -0.545 e. The number of carboxylic acids is 1. The molecule has 0 heterocycles. The summed E-state index contributed by atoms with van der Waals surface area (Å²) in [6.45, 7) is 9.36. The highest BCUT2D eigenvalue weighted by Gasteiger charge is 2.13. The maximum atomic E-state index is 10.5. The number of ether oxygens (including phenoxy) is 2. The molecule has 138 valence electrons. The van der Waals surface area contributed by atoms with Crippen molar-refractivity contribution in [2.45, 2.75) is 39.7 Å². The minimum atomic E-state index is -1.23. The normalized spacial score (nSPS) is 11.5. The number of rotatable bonds is 7. The smallest absolute Gasteiger partial charge is 0.161 e. The molecule has 0 saturated heterocycles. The molecule has 0 N–H and O–H groups in total. The summed E-state index contributed by atoms with van der Waals surface area (Å²) in [6, 6.07) is 13.7. The first-order valence-corrected chi connectivity index (χ1v) is 8.67. The van der Waals surface area contributed by atoms with Crippen molar-refractivity contribution in [3.63, 3.8) is 0 Å². The van der Waals surface area contributed by atoms with Crippen LogP contribution in [0.25, 0.3) is 6.08 Å².